The summed E-state index contributed by atoms with van der Waals surface area (Å²) in [5, 5.41) is 17.3. The van der Waals surface area contributed by atoms with Gasteiger partial charge in [-0.15, -0.1) is 10.2 Å². The van der Waals surface area contributed by atoms with E-state index >= 15 is 0 Å². The zero-order chi connectivity index (χ0) is 15.4. The van der Waals surface area contributed by atoms with Gasteiger partial charge in [0.25, 0.3) is 0 Å². The van der Waals surface area contributed by atoms with Crippen LogP contribution in [-0.4, -0.2) is 31.6 Å². The molecule has 0 saturated carbocycles. The van der Waals surface area contributed by atoms with Gasteiger partial charge in [0.15, 0.2) is 17.1 Å². The van der Waals surface area contributed by atoms with Gasteiger partial charge >= 0.3 is 5.97 Å². The molecule has 21 heavy (non-hydrogen) atoms. The number of rotatable bonds is 6. The van der Waals surface area contributed by atoms with Gasteiger partial charge in [0.1, 0.15) is 5.75 Å². The molecule has 2 aromatic rings. The molecule has 0 fully saturated rings. The highest BCUT2D eigenvalue weighted by molar-refractivity contribution is 9.10. The van der Waals surface area contributed by atoms with Crippen LogP contribution in [0, 0.1) is 0 Å². The molecule has 0 bridgehead atoms. The summed E-state index contributed by atoms with van der Waals surface area (Å²) in [6.45, 7) is 1.87. The van der Waals surface area contributed by atoms with Crippen molar-refractivity contribution in [3.63, 3.8) is 0 Å². The highest BCUT2D eigenvalue weighted by Gasteiger charge is 2.17. The first kappa shape index (κ1) is 15.8. The van der Waals surface area contributed by atoms with Crippen LogP contribution in [0.3, 0.4) is 0 Å². The van der Waals surface area contributed by atoms with Crippen LogP contribution < -0.4 is 4.74 Å². The van der Waals surface area contributed by atoms with E-state index in [4.69, 9.17) is 9.84 Å². The minimum atomic E-state index is -0.886. The first-order valence-corrected chi connectivity index (χ1v) is 7.91. The molecule has 1 aromatic carbocycles. The predicted molar refractivity (Wildman–Crippen MR) is 82.5 cm³/mol. The fourth-order valence-corrected chi connectivity index (χ4v) is 2.75. The first-order chi connectivity index (χ1) is 9.97. The van der Waals surface area contributed by atoms with Gasteiger partial charge in [-0.3, -0.25) is 4.79 Å². The maximum atomic E-state index is 10.6. The largest absolute Gasteiger partial charge is 0.483 e. The third-order valence-corrected chi connectivity index (χ3v) is 4.16. The number of hydrogen-bond donors (Lipinski definition) is 1. The van der Waals surface area contributed by atoms with Crippen molar-refractivity contribution in [3.05, 3.63) is 34.6 Å². The van der Waals surface area contributed by atoms with E-state index in [1.54, 1.807) is 11.6 Å². The standard InChI is InChI=1S/C13H14BrN3O3S/c1-8(20-10-5-3-4-9(14)6-10)12-15-16-13(17(12)2)21-7-11(18)19/h3-6,8H,7H2,1-2H3,(H,18,19). The molecule has 1 heterocycles. The fourth-order valence-electron chi connectivity index (χ4n) is 1.73. The third-order valence-electron chi connectivity index (χ3n) is 2.67. The normalized spacial score (nSPS) is 12.1. The van der Waals surface area contributed by atoms with E-state index in [9.17, 15) is 4.79 Å². The molecule has 0 aliphatic heterocycles. The van der Waals surface area contributed by atoms with Gasteiger partial charge < -0.3 is 14.4 Å². The van der Waals surface area contributed by atoms with Crippen molar-refractivity contribution in [3.8, 4) is 5.75 Å². The van der Waals surface area contributed by atoms with Crippen LogP contribution in [0.25, 0.3) is 0 Å². The Hall–Kier alpha value is -1.54. The zero-order valence-electron chi connectivity index (χ0n) is 11.5. The summed E-state index contributed by atoms with van der Waals surface area (Å²) in [5.41, 5.74) is 0. The lowest BCUT2D eigenvalue weighted by atomic mass is 10.3. The number of benzene rings is 1. The summed E-state index contributed by atoms with van der Waals surface area (Å²) in [5.74, 6) is 0.429. The van der Waals surface area contributed by atoms with Crippen molar-refractivity contribution in [2.45, 2.75) is 18.2 Å². The minimum Gasteiger partial charge on any atom is -0.483 e. The van der Waals surface area contributed by atoms with Gasteiger partial charge in [0.2, 0.25) is 0 Å². The summed E-state index contributed by atoms with van der Waals surface area (Å²) in [4.78, 5) is 10.6. The van der Waals surface area contributed by atoms with Crippen molar-refractivity contribution < 1.29 is 14.6 Å². The van der Waals surface area contributed by atoms with E-state index in [0.29, 0.717) is 11.0 Å². The van der Waals surface area contributed by atoms with Gasteiger partial charge in [0.05, 0.1) is 5.75 Å². The minimum absolute atomic E-state index is 0.0488. The second kappa shape index (κ2) is 6.95. The second-order valence-corrected chi connectivity index (χ2v) is 6.16. The Morgan fingerprint density at radius 2 is 2.29 bits per heavy atom. The van der Waals surface area contributed by atoms with Crippen molar-refractivity contribution in [1.29, 1.82) is 0 Å². The molecule has 1 unspecified atom stereocenters. The number of carboxylic acids is 1. The van der Waals surface area contributed by atoms with Crippen molar-refractivity contribution in [1.82, 2.24) is 14.8 Å². The van der Waals surface area contributed by atoms with Crippen molar-refractivity contribution in [2.75, 3.05) is 5.75 Å². The van der Waals surface area contributed by atoms with E-state index in [-0.39, 0.29) is 11.9 Å². The van der Waals surface area contributed by atoms with Gasteiger partial charge in [-0.05, 0) is 25.1 Å². The van der Waals surface area contributed by atoms with Gasteiger partial charge in [-0.25, -0.2) is 0 Å². The molecule has 6 nitrogen and oxygen atoms in total. The van der Waals surface area contributed by atoms with E-state index in [1.807, 2.05) is 31.2 Å². The number of carbonyl (C=O) groups is 1. The van der Waals surface area contributed by atoms with Crippen LogP contribution in [0.4, 0.5) is 0 Å². The molecular formula is C13H14BrN3O3S. The molecule has 112 valence electrons. The average molecular weight is 372 g/mol. The highest BCUT2D eigenvalue weighted by Crippen LogP contribution is 2.25. The van der Waals surface area contributed by atoms with Crippen LogP contribution in [0.2, 0.25) is 0 Å². The topological polar surface area (TPSA) is 77.2 Å². The third kappa shape index (κ3) is 4.21. The van der Waals surface area contributed by atoms with Crippen molar-refractivity contribution >= 4 is 33.7 Å². The Morgan fingerprint density at radius 1 is 1.52 bits per heavy atom. The quantitative estimate of drug-likeness (QED) is 0.786. The number of hydrogen-bond acceptors (Lipinski definition) is 5. The smallest absolute Gasteiger partial charge is 0.313 e. The maximum Gasteiger partial charge on any atom is 0.313 e. The van der Waals surface area contributed by atoms with E-state index < -0.39 is 5.97 Å². The fraction of sp³-hybridized carbons (Fsp3) is 0.308. The molecule has 1 atom stereocenters. The Balaban J connectivity index is 2.09. The number of thioether (sulfide) groups is 1. The lowest BCUT2D eigenvalue weighted by Crippen LogP contribution is -2.10. The van der Waals surface area contributed by atoms with Crippen molar-refractivity contribution in [2.24, 2.45) is 7.05 Å². The van der Waals surface area contributed by atoms with Crippen LogP contribution in [0.1, 0.15) is 18.9 Å². The van der Waals surface area contributed by atoms with Crippen LogP contribution in [-0.2, 0) is 11.8 Å². The number of aliphatic carboxylic acids is 1. The SMILES string of the molecule is CC(Oc1cccc(Br)c1)c1nnc(SCC(=O)O)n1C. The van der Waals surface area contributed by atoms with E-state index in [0.717, 1.165) is 22.0 Å². The molecule has 0 amide bonds. The lowest BCUT2D eigenvalue weighted by molar-refractivity contribution is -0.133. The summed E-state index contributed by atoms with van der Waals surface area (Å²) in [6, 6.07) is 7.53. The second-order valence-electron chi connectivity index (χ2n) is 4.30. The Kier molecular flexibility index (Phi) is 5.24. The zero-order valence-corrected chi connectivity index (χ0v) is 13.9. The van der Waals surface area contributed by atoms with Gasteiger partial charge in [0, 0.05) is 11.5 Å². The molecule has 0 radical (unpaired) electrons. The molecule has 2 rings (SSSR count). The van der Waals surface area contributed by atoms with Gasteiger partial charge in [-0.1, -0.05) is 33.8 Å². The highest BCUT2D eigenvalue weighted by atomic mass is 79.9. The number of carboxylic acid groups (broad SMARTS) is 1. The van der Waals surface area contributed by atoms with Gasteiger partial charge in [-0.2, -0.15) is 0 Å². The van der Waals surface area contributed by atoms with Crippen LogP contribution >= 0.6 is 27.7 Å². The summed E-state index contributed by atoms with van der Waals surface area (Å²) in [7, 11) is 1.79. The van der Waals surface area contributed by atoms with E-state index in [1.165, 1.54) is 0 Å². The maximum absolute atomic E-state index is 10.6. The number of nitrogens with zero attached hydrogens (tertiary/aromatic N) is 3. The molecule has 8 heteroatoms. The summed E-state index contributed by atoms with van der Waals surface area (Å²) in [6.07, 6.45) is -0.295. The molecule has 0 saturated heterocycles. The summed E-state index contributed by atoms with van der Waals surface area (Å²) < 4.78 is 8.50. The number of aromatic nitrogens is 3. The van der Waals surface area contributed by atoms with E-state index in [2.05, 4.69) is 26.1 Å². The average Bonchev–Trinajstić information content (AvgIpc) is 2.77. The Morgan fingerprint density at radius 3 is 2.95 bits per heavy atom. The molecular weight excluding hydrogens is 358 g/mol. The lowest BCUT2D eigenvalue weighted by Gasteiger charge is -2.14. The van der Waals surface area contributed by atoms with Crippen LogP contribution in [0.5, 0.6) is 5.75 Å². The number of halogens is 1. The molecule has 1 aromatic heterocycles. The number of ether oxygens (including phenoxy) is 1. The first-order valence-electron chi connectivity index (χ1n) is 6.13. The Bertz CT molecular complexity index is 647. The molecule has 0 aliphatic carbocycles. The molecule has 0 aliphatic rings. The van der Waals surface area contributed by atoms with Crippen LogP contribution in [0.15, 0.2) is 33.9 Å². The molecule has 0 spiro atoms. The predicted octanol–water partition coefficient (Wildman–Crippen LogP) is 2.89. The monoisotopic (exact) mass is 371 g/mol. The summed E-state index contributed by atoms with van der Waals surface area (Å²) >= 11 is 4.52. The Labute approximate surface area is 134 Å². The molecule has 1 N–H and O–H groups in total.